The van der Waals surface area contributed by atoms with Crippen molar-refractivity contribution in [2.45, 2.75) is 0 Å². The van der Waals surface area contributed by atoms with Crippen LogP contribution in [-0.2, 0) is 9.53 Å². The predicted molar refractivity (Wildman–Crippen MR) is 100 cm³/mol. The summed E-state index contributed by atoms with van der Waals surface area (Å²) in [6.45, 7) is 0.697. The van der Waals surface area contributed by atoms with Crippen molar-refractivity contribution in [3.63, 3.8) is 0 Å². The Kier molecular flexibility index (Phi) is 5.26. The minimum atomic E-state index is 0.0520. The summed E-state index contributed by atoms with van der Waals surface area (Å²) in [6.07, 6.45) is 3.78. The van der Waals surface area contributed by atoms with Gasteiger partial charge in [-0.05, 0) is 47.5 Å². The molecule has 2 nitrogen and oxygen atoms in total. The molecule has 0 spiro atoms. The van der Waals surface area contributed by atoms with Gasteiger partial charge in [0.05, 0.1) is 13.2 Å². The Balaban J connectivity index is 1.89. The largest absolute Gasteiger partial charge is 0.372 e. The van der Waals surface area contributed by atoms with E-state index in [2.05, 4.69) is 31.9 Å². The van der Waals surface area contributed by atoms with E-state index in [-0.39, 0.29) is 5.78 Å². The fourth-order valence-corrected chi connectivity index (χ4v) is 3.25. The molecule has 23 heavy (non-hydrogen) atoms. The van der Waals surface area contributed by atoms with E-state index < -0.39 is 0 Å². The number of ether oxygens (including phenoxy) is 1. The minimum Gasteiger partial charge on any atom is -0.372 e. The Hall–Kier alpha value is -1.49. The number of ketones is 1. The van der Waals surface area contributed by atoms with E-state index in [1.165, 1.54) is 0 Å². The van der Waals surface area contributed by atoms with Crippen LogP contribution in [0.5, 0.6) is 0 Å². The monoisotopic (exact) mass is 432 g/mol. The molecule has 0 N–H and O–H groups in total. The van der Waals surface area contributed by atoms with Gasteiger partial charge in [-0.15, -0.1) is 0 Å². The van der Waals surface area contributed by atoms with E-state index in [1.807, 2.05) is 60.7 Å². The molecule has 0 aromatic heterocycles. The molecule has 3 rings (SSSR count). The molecule has 0 saturated carbocycles. The van der Waals surface area contributed by atoms with Gasteiger partial charge < -0.3 is 4.74 Å². The molecule has 0 aliphatic carbocycles. The molecular formula is C19H14Br2O2. The fraction of sp³-hybridized carbons (Fsp3) is 0.105. The lowest BCUT2D eigenvalue weighted by atomic mass is 9.98. The summed E-state index contributed by atoms with van der Waals surface area (Å²) in [6, 6.07) is 15.7. The van der Waals surface area contributed by atoms with Crippen molar-refractivity contribution in [1.82, 2.24) is 0 Å². The van der Waals surface area contributed by atoms with Gasteiger partial charge in [-0.3, -0.25) is 4.79 Å². The van der Waals surface area contributed by atoms with Crippen molar-refractivity contribution in [1.29, 1.82) is 0 Å². The van der Waals surface area contributed by atoms with Gasteiger partial charge in [0.1, 0.15) is 0 Å². The smallest absolute Gasteiger partial charge is 0.189 e. The quantitative estimate of drug-likeness (QED) is 0.602. The third-order valence-electron chi connectivity index (χ3n) is 3.48. The average molecular weight is 434 g/mol. The molecule has 4 heteroatoms. The van der Waals surface area contributed by atoms with Crippen LogP contribution in [0.25, 0.3) is 12.2 Å². The van der Waals surface area contributed by atoms with E-state index in [0.29, 0.717) is 24.4 Å². The molecule has 116 valence electrons. The van der Waals surface area contributed by atoms with Crippen LogP contribution in [-0.4, -0.2) is 19.0 Å². The van der Waals surface area contributed by atoms with Gasteiger partial charge in [0.15, 0.2) is 5.78 Å². The highest BCUT2D eigenvalue weighted by Gasteiger charge is 2.21. The predicted octanol–water partition coefficient (Wildman–Crippen LogP) is 5.28. The van der Waals surface area contributed by atoms with E-state index in [0.717, 1.165) is 20.1 Å². The summed E-state index contributed by atoms with van der Waals surface area (Å²) in [5.74, 6) is 0.0520. The summed E-state index contributed by atoms with van der Waals surface area (Å²) in [7, 11) is 0. The normalized spacial score (nSPS) is 18.6. The van der Waals surface area contributed by atoms with Gasteiger partial charge in [-0.25, -0.2) is 0 Å². The highest BCUT2D eigenvalue weighted by molar-refractivity contribution is 9.10. The first kappa shape index (κ1) is 16.4. The van der Waals surface area contributed by atoms with Gasteiger partial charge in [0.2, 0.25) is 0 Å². The molecule has 0 bridgehead atoms. The Labute approximate surface area is 152 Å². The van der Waals surface area contributed by atoms with E-state index >= 15 is 0 Å². The summed E-state index contributed by atoms with van der Waals surface area (Å²) >= 11 is 6.89. The lowest BCUT2D eigenvalue weighted by molar-refractivity contribution is -0.114. The maximum Gasteiger partial charge on any atom is 0.189 e. The highest BCUT2D eigenvalue weighted by atomic mass is 79.9. The van der Waals surface area contributed by atoms with Crippen LogP contribution in [0.4, 0.5) is 0 Å². The van der Waals surface area contributed by atoms with Crippen molar-refractivity contribution in [2.75, 3.05) is 13.2 Å². The second kappa shape index (κ2) is 7.39. The first-order valence-electron chi connectivity index (χ1n) is 7.16. The standard InChI is InChI=1S/C19H14Br2O2/c20-17-5-1-3-13(9-17)7-15-11-23-12-16(19(15)22)8-14-4-2-6-18(21)10-14/h1-10H,11-12H2. The van der Waals surface area contributed by atoms with Crippen LogP contribution < -0.4 is 0 Å². The molecule has 0 unspecified atom stereocenters. The Bertz CT molecular complexity index is 741. The minimum absolute atomic E-state index is 0.0520. The van der Waals surface area contributed by atoms with Crippen molar-refractivity contribution >= 4 is 49.8 Å². The molecule has 1 fully saturated rings. The highest BCUT2D eigenvalue weighted by Crippen LogP contribution is 2.22. The Morgan fingerprint density at radius 2 is 1.30 bits per heavy atom. The van der Waals surface area contributed by atoms with Crippen LogP contribution in [0.3, 0.4) is 0 Å². The van der Waals surface area contributed by atoms with Gasteiger partial charge in [0.25, 0.3) is 0 Å². The fourth-order valence-electron chi connectivity index (χ4n) is 2.42. The van der Waals surface area contributed by atoms with Crippen LogP contribution in [0.2, 0.25) is 0 Å². The molecule has 1 aliphatic heterocycles. The zero-order valence-electron chi connectivity index (χ0n) is 12.3. The first-order chi connectivity index (χ1) is 11.1. The van der Waals surface area contributed by atoms with Crippen LogP contribution in [0.15, 0.2) is 68.6 Å². The van der Waals surface area contributed by atoms with Crippen molar-refractivity contribution in [3.8, 4) is 0 Å². The summed E-state index contributed by atoms with van der Waals surface area (Å²) < 4.78 is 7.56. The number of hydrogen-bond donors (Lipinski definition) is 0. The first-order valence-corrected chi connectivity index (χ1v) is 8.75. The molecule has 0 amide bonds. The van der Waals surface area contributed by atoms with Crippen LogP contribution in [0.1, 0.15) is 11.1 Å². The zero-order valence-corrected chi connectivity index (χ0v) is 15.4. The van der Waals surface area contributed by atoms with Crippen molar-refractivity contribution in [2.24, 2.45) is 0 Å². The molecular weight excluding hydrogens is 420 g/mol. The van der Waals surface area contributed by atoms with Gasteiger partial charge in [0, 0.05) is 20.1 Å². The van der Waals surface area contributed by atoms with Crippen LogP contribution >= 0.6 is 31.9 Å². The number of benzene rings is 2. The maximum atomic E-state index is 12.7. The van der Waals surface area contributed by atoms with Crippen molar-refractivity contribution < 1.29 is 9.53 Å². The van der Waals surface area contributed by atoms with Gasteiger partial charge in [-0.2, -0.15) is 0 Å². The number of carbonyl (C=O) groups excluding carboxylic acids is 1. The third-order valence-corrected chi connectivity index (χ3v) is 4.46. The molecule has 1 saturated heterocycles. The van der Waals surface area contributed by atoms with E-state index in [9.17, 15) is 4.79 Å². The second-order valence-electron chi connectivity index (χ2n) is 5.27. The third kappa shape index (κ3) is 4.28. The summed E-state index contributed by atoms with van der Waals surface area (Å²) in [4.78, 5) is 12.7. The second-order valence-corrected chi connectivity index (χ2v) is 7.10. The molecule has 1 aliphatic rings. The van der Waals surface area contributed by atoms with Gasteiger partial charge >= 0.3 is 0 Å². The average Bonchev–Trinajstić information content (AvgIpc) is 2.51. The number of hydrogen-bond acceptors (Lipinski definition) is 2. The molecule has 0 radical (unpaired) electrons. The number of carbonyl (C=O) groups is 1. The topological polar surface area (TPSA) is 26.3 Å². The summed E-state index contributed by atoms with van der Waals surface area (Å²) in [5, 5.41) is 0. The molecule has 0 atom stereocenters. The Morgan fingerprint density at radius 1 is 0.826 bits per heavy atom. The zero-order chi connectivity index (χ0) is 16.2. The summed E-state index contributed by atoms with van der Waals surface area (Å²) in [5.41, 5.74) is 3.32. The lowest BCUT2D eigenvalue weighted by Crippen LogP contribution is -2.21. The van der Waals surface area contributed by atoms with E-state index in [4.69, 9.17) is 4.74 Å². The maximum absolute atomic E-state index is 12.7. The van der Waals surface area contributed by atoms with Crippen molar-refractivity contribution in [3.05, 3.63) is 79.7 Å². The number of rotatable bonds is 2. The van der Waals surface area contributed by atoms with Crippen LogP contribution in [0, 0.1) is 0 Å². The lowest BCUT2D eigenvalue weighted by Gasteiger charge is -2.17. The number of halogens is 2. The Morgan fingerprint density at radius 3 is 1.74 bits per heavy atom. The number of Topliss-reactive ketones (excluding diaryl/α,β-unsaturated/α-hetero) is 1. The molecule has 2 aromatic rings. The molecule has 2 aromatic carbocycles. The van der Waals surface area contributed by atoms with Gasteiger partial charge in [-0.1, -0.05) is 56.1 Å². The SMILES string of the molecule is O=C1C(=Cc2cccc(Br)c2)COCC1=Cc1cccc(Br)c1. The van der Waals surface area contributed by atoms with E-state index in [1.54, 1.807) is 0 Å². The molecule has 1 heterocycles.